The van der Waals surface area contributed by atoms with E-state index in [1.54, 1.807) is 0 Å². The SMILES string of the molecule is C=CCN(C[C@H]1O[C@@H](c2ccc(-c3cccc(CNC(=O)NCc4ccccc4)c3)cc2)O[C@@H](c2ccc(CO)cc2)[C@H]1C)C1CCCC1. The standard InChI is InChI=1S/C42H49N3O4/c1-3-24-45(38-14-7-8-15-38)28-39-30(2)40(35-18-16-32(29-46)17-19-35)49-41(48-39)36-22-20-34(21-23-36)37-13-9-12-33(25-37)27-44-42(47)43-26-31-10-5-4-6-11-31/h3-6,9-13,16-23,25,30,38-41,46H,1,7-8,14-15,24,26-29H2,2H3,(H2,43,44,47)/t30-,39+,40+,41+/m0/s1. The van der Waals surface area contributed by atoms with Crippen LogP contribution in [0, 0.1) is 5.92 Å². The number of carbonyl (C=O) groups is 1. The first-order chi connectivity index (χ1) is 24.0. The van der Waals surface area contributed by atoms with Gasteiger partial charge in [-0.25, -0.2) is 4.79 Å². The van der Waals surface area contributed by atoms with Gasteiger partial charge in [-0.3, -0.25) is 4.90 Å². The topological polar surface area (TPSA) is 83.1 Å². The monoisotopic (exact) mass is 659 g/mol. The number of nitrogens with one attached hydrogen (secondary N) is 2. The Hall–Kier alpha value is -4.27. The Morgan fingerprint density at radius 2 is 1.49 bits per heavy atom. The number of hydrogen-bond donors (Lipinski definition) is 3. The van der Waals surface area contributed by atoms with Gasteiger partial charge in [-0.15, -0.1) is 6.58 Å². The number of ether oxygens (including phenoxy) is 2. The molecule has 1 aliphatic heterocycles. The second-order valence-electron chi connectivity index (χ2n) is 13.3. The summed E-state index contributed by atoms with van der Waals surface area (Å²) < 4.78 is 13.5. The number of benzene rings is 4. The van der Waals surface area contributed by atoms with Gasteiger partial charge in [-0.05, 0) is 52.3 Å². The van der Waals surface area contributed by atoms with E-state index in [0.29, 0.717) is 19.1 Å². The highest BCUT2D eigenvalue weighted by Crippen LogP contribution is 2.42. The van der Waals surface area contributed by atoms with Gasteiger partial charge in [0.25, 0.3) is 0 Å². The highest BCUT2D eigenvalue weighted by molar-refractivity contribution is 5.74. The van der Waals surface area contributed by atoms with Gasteiger partial charge in [0, 0.05) is 43.7 Å². The van der Waals surface area contributed by atoms with Crippen molar-refractivity contribution in [2.24, 2.45) is 5.92 Å². The highest BCUT2D eigenvalue weighted by Gasteiger charge is 2.40. The summed E-state index contributed by atoms with van der Waals surface area (Å²) in [6.45, 7) is 8.88. The van der Waals surface area contributed by atoms with Crippen molar-refractivity contribution in [2.75, 3.05) is 13.1 Å². The van der Waals surface area contributed by atoms with E-state index < -0.39 is 6.29 Å². The predicted molar refractivity (Wildman–Crippen MR) is 194 cm³/mol. The molecule has 49 heavy (non-hydrogen) atoms. The Morgan fingerprint density at radius 1 is 0.816 bits per heavy atom. The summed E-state index contributed by atoms with van der Waals surface area (Å²) in [6.07, 6.45) is 6.31. The molecule has 2 fully saturated rings. The zero-order chi connectivity index (χ0) is 34.0. The summed E-state index contributed by atoms with van der Waals surface area (Å²) in [5, 5.41) is 15.5. The first-order valence-corrected chi connectivity index (χ1v) is 17.6. The Morgan fingerprint density at radius 3 is 2.18 bits per heavy atom. The molecule has 2 aliphatic rings. The summed E-state index contributed by atoms with van der Waals surface area (Å²) >= 11 is 0. The molecular weight excluding hydrogens is 610 g/mol. The molecule has 3 N–H and O–H groups in total. The van der Waals surface area contributed by atoms with E-state index in [9.17, 15) is 9.90 Å². The number of aliphatic hydroxyl groups excluding tert-OH is 1. The van der Waals surface area contributed by atoms with Crippen LogP contribution in [-0.4, -0.2) is 41.3 Å². The molecule has 0 unspecified atom stereocenters. The number of amides is 2. The molecule has 4 aromatic carbocycles. The van der Waals surface area contributed by atoms with E-state index in [-0.39, 0.29) is 30.8 Å². The number of carbonyl (C=O) groups excluding carboxylic acids is 1. The van der Waals surface area contributed by atoms with Gasteiger partial charge in [-0.2, -0.15) is 0 Å². The Kier molecular flexibility index (Phi) is 11.9. The molecule has 256 valence electrons. The second kappa shape index (κ2) is 16.9. The highest BCUT2D eigenvalue weighted by atomic mass is 16.7. The van der Waals surface area contributed by atoms with Crippen molar-refractivity contribution < 1.29 is 19.4 Å². The lowest BCUT2D eigenvalue weighted by atomic mass is 9.89. The molecule has 4 aromatic rings. The minimum absolute atomic E-state index is 0.0173. The third kappa shape index (κ3) is 9.05. The van der Waals surface area contributed by atoms with Crippen molar-refractivity contribution in [1.29, 1.82) is 0 Å². The molecule has 0 radical (unpaired) electrons. The molecule has 0 spiro atoms. The lowest BCUT2D eigenvalue weighted by molar-refractivity contribution is -0.276. The van der Waals surface area contributed by atoms with Gasteiger partial charge < -0.3 is 25.2 Å². The van der Waals surface area contributed by atoms with E-state index >= 15 is 0 Å². The molecular formula is C42H49N3O4. The van der Waals surface area contributed by atoms with Crippen LogP contribution in [0.15, 0.2) is 116 Å². The maximum absolute atomic E-state index is 12.4. The Bertz CT molecular complexity index is 1640. The minimum Gasteiger partial charge on any atom is -0.392 e. The minimum atomic E-state index is -0.517. The number of urea groups is 1. The second-order valence-corrected chi connectivity index (χ2v) is 13.3. The quantitative estimate of drug-likeness (QED) is 0.127. The van der Waals surface area contributed by atoms with E-state index in [2.05, 4.69) is 77.6 Å². The number of nitrogens with zero attached hydrogens (tertiary/aromatic N) is 1. The van der Waals surface area contributed by atoms with Gasteiger partial charge in [0.05, 0.1) is 18.8 Å². The summed E-state index contributed by atoms with van der Waals surface area (Å²) in [7, 11) is 0. The van der Waals surface area contributed by atoms with Crippen molar-refractivity contribution in [1.82, 2.24) is 15.5 Å². The van der Waals surface area contributed by atoms with E-state index in [1.807, 2.05) is 60.7 Å². The summed E-state index contributed by atoms with van der Waals surface area (Å²) in [6, 6.07) is 35.0. The first-order valence-electron chi connectivity index (χ1n) is 17.6. The summed E-state index contributed by atoms with van der Waals surface area (Å²) in [5.41, 5.74) is 7.19. The van der Waals surface area contributed by atoms with E-state index in [0.717, 1.165) is 52.0 Å². The van der Waals surface area contributed by atoms with Gasteiger partial charge in [0.2, 0.25) is 0 Å². The Labute approximate surface area is 291 Å². The third-order valence-corrected chi connectivity index (χ3v) is 9.93. The van der Waals surface area contributed by atoms with Crippen LogP contribution in [0.1, 0.15) is 72.8 Å². The molecule has 7 heteroatoms. The van der Waals surface area contributed by atoms with Gasteiger partial charge >= 0.3 is 6.03 Å². The number of rotatable bonds is 13. The largest absolute Gasteiger partial charge is 0.392 e. The lowest BCUT2D eigenvalue weighted by Gasteiger charge is -2.43. The number of aliphatic hydroxyl groups is 1. The van der Waals surface area contributed by atoms with Crippen LogP contribution in [0.3, 0.4) is 0 Å². The average Bonchev–Trinajstić information content (AvgIpc) is 3.70. The fraction of sp³-hybridized carbons (Fsp3) is 0.357. The van der Waals surface area contributed by atoms with Crippen LogP contribution in [-0.2, 0) is 29.2 Å². The molecule has 1 saturated heterocycles. The molecule has 4 atom stereocenters. The lowest BCUT2D eigenvalue weighted by Crippen LogP contribution is -2.47. The molecule has 6 rings (SSSR count). The van der Waals surface area contributed by atoms with Gasteiger partial charge in [0.1, 0.15) is 0 Å². The normalized spacial score (nSPS) is 21.0. The van der Waals surface area contributed by atoms with Crippen molar-refractivity contribution in [3.05, 3.63) is 144 Å². The predicted octanol–water partition coefficient (Wildman–Crippen LogP) is 8.07. The smallest absolute Gasteiger partial charge is 0.315 e. The zero-order valence-electron chi connectivity index (χ0n) is 28.5. The molecule has 1 saturated carbocycles. The Balaban J connectivity index is 1.15. The molecule has 1 heterocycles. The molecule has 7 nitrogen and oxygen atoms in total. The van der Waals surface area contributed by atoms with Gasteiger partial charge in [0.15, 0.2) is 6.29 Å². The van der Waals surface area contributed by atoms with Crippen LogP contribution in [0.25, 0.3) is 11.1 Å². The summed E-state index contributed by atoms with van der Waals surface area (Å²) in [4.78, 5) is 15.0. The molecule has 1 aliphatic carbocycles. The van der Waals surface area contributed by atoms with Crippen LogP contribution in [0.2, 0.25) is 0 Å². The zero-order valence-corrected chi connectivity index (χ0v) is 28.5. The van der Waals surface area contributed by atoms with Crippen LogP contribution < -0.4 is 10.6 Å². The van der Waals surface area contributed by atoms with Crippen molar-refractivity contribution in [2.45, 2.75) is 76.8 Å². The van der Waals surface area contributed by atoms with E-state index in [4.69, 9.17) is 9.47 Å². The third-order valence-electron chi connectivity index (χ3n) is 9.93. The van der Waals surface area contributed by atoms with Crippen LogP contribution in [0.5, 0.6) is 0 Å². The maximum Gasteiger partial charge on any atom is 0.315 e. The maximum atomic E-state index is 12.4. The molecule has 2 amide bonds. The molecule has 0 bridgehead atoms. The van der Waals surface area contributed by atoms with Crippen LogP contribution in [0.4, 0.5) is 4.79 Å². The first kappa shape index (κ1) is 34.6. The average molecular weight is 660 g/mol. The van der Waals surface area contributed by atoms with Crippen molar-refractivity contribution in [3.8, 4) is 11.1 Å². The number of hydrogen-bond acceptors (Lipinski definition) is 5. The van der Waals surface area contributed by atoms with Gasteiger partial charge in [-0.1, -0.05) is 123 Å². The molecule has 0 aromatic heterocycles. The fourth-order valence-corrected chi connectivity index (χ4v) is 7.08. The summed E-state index contributed by atoms with van der Waals surface area (Å²) in [5.74, 6) is 0.126. The van der Waals surface area contributed by atoms with E-state index in [1.165, 1.54) is 25.7 Å². The van der Waals surface area contributed by atoms with Crippen molar-refractivity contribution >= 4 is 6.03 Å². The fourth-order valence-electron chi connectivity index (χ4n) is 7.08. The van der Waals surface area contributed by atoms with Crippen molar-refractivity contribution in [3.63, 3.8) is 0 Å². The van der Waals surface area contributed by atoms with Crippen LogP contribution >= 0.6 is 0 Å².